The van der Waals surface area contributed by atoms with E-state index in [-0.39, 0.29) is 0 Å². The van der Waals surface area contributed by atoms with Crippen molar-refractivity contribution in [2.24, 2.45) is 11.3 Å². The fourth-order valence-corrected chi connectivity index (χ4v) is 2.25. The molecule has 0 radical (unpaired) electrons. The van der Waals surface area contributed by atoms with E-state index in [1.807, 2.05) is 0 Å². The Morgan fingerprint density at radius 3 is 2.45 bits per heavy atom. The SMILES string of the molecule is CC(C)OCC1(CBr)CC1C. The van der Waals surface area contributed by atoms with Gasteiger partial charge in [0.1, 0.15) is 0 Å². The largest absolute Gasteiger partial charge is 0.378 e. The van der Waals surface area contributed by atoms with Gasteiger partial charge in [-0.1, -0.05) is 22.9 Å². The molecule has 1 aliphatic rings. The Hall–Kier alpha value is 0.440. The summed E-state index contributed by atoms with van der Waals surface area (Å²) in [4.78, 5) is 0. The molecule has 2 unspecified atom stereocenters. The minimum atomic E-state index is 0.374. The van der Waals surface area contributed by atoms with Gasteiger partial charge in [-0.05, 0) is 26.2 Å². The van der Waals surface area contributed by atoms with Crippen LogP contribution < -0.4 is 0 Å². The molecule has 1 rings (SSSR count). The van der Waals surface area contributed by atoms with Crippen molar-refractivity contribution in [2.75, 3.05) is 11.9 Å². The highest BCUT2D eigenvalue weighted by atomic mass is 79.9. The van der Waals surface area contributed by atoms with Crippen LogP contribution in [0, 0.1) is 11.3 Å². The number of halogens is 1. The van der Waals surface area contributed by atoms with E-state index in [2.05, 4.69) is 36.7 Å². The van der Waals surface area contributed by atoms with E-state index in [1.165, 1.54) is 6.42 Å². The van der Waals surface area contributed by atoms with Gasteiger partial charge in [-0.2, -0.15) is 0 Å². The number of ether oxygens (including phenoxy) is 1. The van der Waals surface area contributed by atoms with Gasteiger partial charge in [0.25, 0.3) is 0 Å². The zero-order valence-electron chi connectivity index (χ0n) is 7.56. The lowest BCUT2D eigenvalue weighted by atomic mass is 10.1. The molecule has 0 amide bonds. The first-order chi connectivity index (χ1) is 5.10. The van der Waals surface area contributed by atoms with Crippen LogP contribution in [0.1, 0.15) is 27.2 Å². The molecule has 0 aliphatic heterocycles. The van der Waals surface area contributed by atoms with Crippen molar-refractivity contribution in [3.05, 3.63) is 0 Å². The van der Waals surface area contributed by atoms with Crippen molar-refractivity contribution in [2.45, 2.75) is 33.3 Å². The quantitative estimate of drug-likeness (QED) is 0.663. The molecule has 0 aromatic carbocycles. The maximum Gasteiger partial charge on any atom is 0.0536 e. The fourth-order valence-electron chi connectivity index (χ4n) is 1.31. The molecule has 11 heavy (non-hydrogen) atoms. The fraction of sp³-hybridized carbons (Fsp3) is 1.00. The number of rotatable bonds is 4. The first kappa shape index (κ1) is 9.53. The third kappa shape index (κ3) is 2.19. The normalized spacial score (nSPS) is 36.3. The van der Waals surface area contributed by atoms with Crippen molar-refractivity contribution >= 4 is 15.9 Å². The van der Waals surface area contributed by atoms with Crippen LogP contribution in [0.3, 0.4) is 0 Å². The molecule has 0 bridgehead atoms. The Morgan fingerprint density at radius 2 is 2.18 bits per heavy atom. The molecule has 1 saturated carbocycles. The zero-order valence-corrected chi connectivity index (χ0v) is 9.15. The summed E-state index contributed by atoms with van der Waals surface area (Å²) in [7, 11) is 0. The van der Waals surface area contributed by atoms with Gasteiger partial charge in [0.2, 0.25) is 0 Å². The summed E-state index contributed by atoms with van der Waals surface area (Å²) in [6.07, 6.45) is 1.70. The highest BCUT2D eigenvalue weighted by Crippen LogP contribution is 2.53. The minimum Gasteiger partial charge on any atom is -0.378 e. The molecular formula is C9H17BrO. The molecule has 1 fully saturated rings. The zero-order chi connectivity index (χ0) is 8.48. The van der Waals surface area contributed by atoms with Crippen molar-refractivity contribution in [3.8, 4) is 0 Å². The van der Waals surface area contributed by atoms with Crippen LogP contribution in [0.5, 0.6) is 0 Å². The van der Waals surface area contributed by atoms with E-state index in [9.17, 15) is 0 Å². The van der Waals surface area contributed by atoms with Gasteiger partial charge in [0.15, 0.2) is 0 Å². The van der Waals surface area contributed by atoms with Gasteiger partial charge < -0.3 is 4.74 Å². The summed E-state index contributed by atoms with van der Waals surface area (Å²) in [5.41, 5.74) is 0.476. The smallest absolute Gasteiger partial charge is 0.0536 e. The second-order valence-corrected chi connectivity index (χ2v) is 4.52. The molecule has 0 aromatic rings. The number of hydrogen-bond acceptors (Lipinski definition) is 1. The highest BCUT2D eigenvalue weighted by Gasteiger charge is 2.50. The molecule has 0 saturated heterocycles. The highest BCUT2D eigenvalue weighted by molar-refractivity contribution is 9.09. The molecular weight excluding hydrogens is 204 g/mol. The number of alkyl halides is 1. The Kier molecular flexibility index (Phi) is 2.98. The van der Waals surface area contributed by atoms with Gasteiger partial charge >= 0.3 is 0 Å². The second kappa shape index (κ2) is 3.44. The molecule has 0 heterocycles. The molecule has 66 valence electrons. The predicted molar refractivity (Wildman–Crippen MR) is 51.1 cm³/mol. The monoisotopic (exact) mass is 220 g/mol. The first-order valence-electron chi connectivity index (χ1n) is 4.28. The maximum atomic E-state index is 5.60. The summed E-state index contributed by atoms with van der Waals surface area (Å²) >= 11 is 3.54. The molecule has 0 N–H and O–H groups in total. The van der Waals surface area contributed by atoms with Gasteiger partial charge in [-0.3, -0.25) is 0 Å². The lowest BCUT2D eigenvalue weighted by Crippen LogP contribution is -2.17. The molecule has 0 aromatic heterocycles. The van der Waals surface area contributed by atoms with Crippen LogP contribution in [0.15, 0.2) is 0 Å². The summed E-state index contributed by atoms with van der Waals surface area (Å²) in [5.74, 6) is 0.848. The van der Waals surface area contributed by atoms with E-state index >= 15 is 0 Å². The summed E-state index contributed by atoms with van der Waals surface area (Å²) in [5, 5.41) is 1.09. The summed E-state index contributed by atoms with van der Waals surface area (Å²) in [6.45, 7) is 7.41. The van der Waals surface area contributed by atoms with Crippen molar-refractivity contribution in [3.63, 3.8) is 0 Å². The first-order valence-corrected chi connectivity index (χ1v) is 5.40. The summed E-state index contributed by atoms with van der Waals surface area (Å²) in [6, 6.07) is 0. The van der Waals surface area contributed by atoms with Crippen LogP contribution >= 0.6 is 15.9 Å². The van der Waals surface area contributed by atoms with E-state index in [1.54, 1.807) is 0 Å². The Morgan fingerprint density at radius 1 is 1.64 bits per heavy atom. The Bertz CT molecular complexity index is 132. The van der Waals surface area contributed by atoms with Crippen LogP contribution in [0.4, 0.5) is 0 Å². The summed E-state index contributed by atoms with van der Waals surface area (Å²) < 4.78 is 5.60. The minimum absolute atomic E-state index is 0.374. The lowest BCUT2D eigenvalue weighted by Gasteiger charge is -2.15. The van der Waals surface area contributed by atoms with Gasteiger partial charge in [-0.15, -0.1) is 0 Å². The maximum absolute atomic E-state index is 5.60. The average Bonchev–Trinajstić information content (AvgIpc) is 2.59. The van der Waals surface area contributed by atoms with Gasteiger partial charge in [0.05, 0.1) is 12.7 Å². The van der Waals surface area contributed by atoms with E-state index in [0.29, 0.717) is 11.5 Å². The topological polar surface area (TPSA) is 9.23 Å². The van der Waals surface area contributed by atoms with Crippen LogP contribution in [-0.4, -0.2) is 18.0 Å². The van der Waals surface area contributed by atoms with Gasteiger partial charge in [-0.25, -0.2) is 0 Å². The van der Waals surface area contributed by atoms with E-state index in [4.69, 9.17) is 4.74 Å². The molecule has 2 atom stereocenters. The van der Waals surface area contributed by atoms with E-state index in [0.717, 1.165) is 17.9 Å². The van der Waals surface area contributed by atoms with Gasteiger partial charge in [0, 0.05) is 10.7 Å². The van der Waals surface area contributed by atoms with Crippen LogP contribution in [0.25, 0.3) is 0 Å². The van der Waals surface area contributed by atoms with E-state index < -0.39 is 0 Å². The van der Waals surface area contributed by atoms with Crippen molar-refractivity contribution < 1.29 is 4.74 Å². The standard InChI is InChI=1S/C9H17BrO/c1-7(2)11-6-9(5-10)4-8(9)3/h7-8H,4-6H2,1-3H3. The lowest BCUT2D eigenvalue weighted by molar-refractivity contribution is 0.0462. The number of hydrogen-bond donors (Lipinski definition) is 0. The molecule has 1 nitrogen and oxygen atoms in total. The Balaban J connectivity index is 2.24. The third-order valence-corrected chi connectivity index (χ3v) is 3.68. The van der Waals surface area contributed by atoms with Crippen molar-refractivity contribution in [1.29, 1.82) is 0 Å². The molecule has 0 spiro atoms. The predicted octanol–water partition coefficient (Wildman–Crippen LogP) is 2.83. The van der Waals surface area contributed by atoms with Crippen molar-refractivity contribution in [1.82, 2.24) is 0 Å². The average molecular weight is 221 g/mol. The Labute approximate surface area is 77.6 Å². The molecule has 1 aliphatic carbocycles. The van der Waals surface area contributed by atoms with Crippen LogP contribution in [0.2, 0.25) is 0 Å². The third-order valence-electron chi connectivity index (χ3n) is 2.57. The second-order valence-electron chi connectivity index (χ2n) is 3.96. The molecule has 2 heteroatoms. The van der Waals surface area contributed by atoms with Crippen LogP contribution in [-0.2, 0) is 4.74 Å².